The Labute approximate surface area is 129 Å². The topological polar surface area (TPSA) is 87.5 Å². The molecule has 1 heterocycles. The van der Waals surface area contributed by atoms with Crippen molar-refractivity contribution >= 4 is 17.3 Å². The molecule has 0 aliphatic carbocycles. The molecular weight excluding hydrogens is 284 g/mol. The van der Waals surface area contributed by atoms with E-state index in [1.807, 2.05) is 7.05 Å². The Morgan fingerprint density at radius 1 is 1.50 bits per heavy atom. The summed E-state index contributed by atoms with van der Waals surface area (Å²) in [5.41, 5.74) is 1.34. The third kappa shape index (κ3) is 4.25. The van der Waals surface area contributed by atoms with E-state index in [-0.39, 0.29) is 11.6 Å². The van der Waals surface area contributed by atoms with E-state index in [9.17, 15) is 14.9 Å². The van der Waals surface area contributed by atoms with E-state index < -0.39 is 4.92 Å². The number of hydrogen-bond donors (Lipinski definition) is 2. The number of carbonyl (C=O) groups excluding carboxylic acids is 1. The van der Waals surface area contributed by atoms with Crippen LogP contribution in [0.1, 0.15) is 18.4 Å². The van der Waals surface area contributed by atoms with E-state index in [1.54, 1.807) is 13.0 Å². The maximum Gasteiger partial charge on any atom is 0.269 e. The molecule has 0 aromatic heterocycles. The van der Waals surface area contributed by atoms with Gasteiger partial charge in [0.05, 0.1) is 11.5 Å². The standard InChI is InChI=1S/C15H22N4O3/c1-11-8-13(19(21)22)5-6-14(11)17-15(20)10-18-7-3-4-12(9-18)16-2/h5-6,8,12,16H,3-4,7,9-10H2,1-2H3,(H,17,20). The minimum absolute atomic E-state index is 0.0309. The number of hydrogen-bond acceptors (Lipinski definition) is 5. The molecule has 1 saturated heterocycles. The number of nitro groups is 1. The quantitative estimate of drug-likeness (QED) is 0.636. The number of aryl methyl sites for hydroxylation is 1. The Balaban J connectivity index is 1.93. The molecule has 0 spiro atoms. The first-order chi connectivity index (χ1) is 10.5. The average Bonchev–Trinajstić information content (AvgIpc) is 2.49. The molecule has 1 fully saturated rings. The van der Waals surface area contributed by atoms with Crippen molar-refractivity contribution in [3.05, 3.63) is 33.9 Å². The van der Waals surface area contributed by atoms with Crippen molar-refractivity contribution in [1.29, 1.82) is 0 Å². The largest absolute Gasteiger partial charge is 0.325 e. The number of rotatable bonds is 5. The van der Waals surface area contributed by atoms with E-state index in [2.05, 4.69) is 15.5 Å². The smallest absolute Gasteiger partial charge is 0.269 e. The van der Waals surface area contributed by atoms with E-state index in [4.69, 9.17) is 0 Å². The molecule has 1 aromatic rings. The van der Waals surface area contributed by atoms with Crippen molar-refractivity contribution in [3.8, 4) is 0 Å². The van der Waals surface area contributed by atoms with E-state index in [0.29, 0.717) is 23.8 Å². The van der Waals surface area contributed by atoms with Gasteiger partial charge in [0, 0.05) is 30.4 Å². The number of likely N-dealkylation sites (tertiary alicyclic amines) is 1. The normalized spacial score (nSPS) is 18.9. The fraction of sp³-hybridized carbons (Fsp3) is 0.533. The molecule has 22 heavy (non-hydrogen) atoms. The fourth-order valence-corrected chi connectivity index (χ4v) is 2.73. The molecule has 0 saturated carbocycles. The number of amides is 1. The van der Waals surface area contributed by atoms with Crippen LogP contribution in [-0.4, -0.2) is 48.5 Å². The Bertz CT molecular complexity index is 562. The molecule has 7 heteroatoms. The minimum atomic E-state index is -0.440. The first kappa shape index (κ1) is 16.4. The van der Waals surface area contributed by atoms with Crippen molar-refractivity contribution in [2.24, 2.45) is 0 Å². The highest BCUT2D eigenvalue weighted by Gasteiger charge is 2.20. The number of nitrogens with one attached hydrogen (secondary N) is 2. The first-order valence-electron chi connectivity index (χ1n) is 7.44. The van der Waals surface area contributed by atoms with Crippen molar-refractivity contribution in [3.63, 3.8) is 0 Å². The fourth-order valence-electron chi connectivity index (χ4n) is 2.73. The second-order valence-electron chi connectivity index (χ2n) is 5.67. The second kappa shape index (κ2) is 7.33. The highest BCUT2D eigenvalue weighted by atomic mass is 16.6. The molecule has 0 radical (unpaired) electrons. The molecule has 7 nitrogen and oxygen atoms in total. The van der Waals surface area contributed by atoms with Gasteiger partial charge < -0.3 is 10.6 Å². The Hall–Kier alpha value is -1.99. The predicted molar refractivity (Wildman–Crippen MR) is 85.0 cm³/mol. The van der Waals surface area contributed by atoms with Gasteiger partial charge in [0.2, 0.25) is 5.91 Å². The molecule has 2 rings (SSSR count). The lowest BCUT2D eigenvalue weighted by Gasteiger charge is -2.31. The number of piperidine rings is 1. The van der Waals surface area contributed by atoms with Crippen molar-refractivity contribution in [2.45, 2.75) is 25.8 Å². The van der Waals surface area contributed by atoms with Crippen molar-refractivity contribution in [1.82, 2.24) is 10.2 Å². The van der Waals surface area contributed by atoms with Crippen LogP contribution in [0.2, 0.25) is 0 Å². The zero-order valence-electron chi connectivity index (χ0n) is 13.0. The van der Waals surface area contributed by atoms with E-state index in [1.165, 1.54) is 12.1 Å². The van der Waals surface area contributed by atoms with Crippen molar-refractivity contribution < 1.29 is 9.72 Å². The molecule has 1 amide bonds. The third-order valence-corrected chi connectivity index (χ3v) is 3.98. The van der Waals surface area contributed by atoms with Gasteiger partial charge in [0.25, 0.3) is 5.69 Å². The Morgan fingerprint density at radius 2 is 2.27 bits per heavy atom. The SMILES string of the molecule is CNC1CCCN(CC(=O)Nc2ccc([N+](=O)[O-])cc2C)C1. The van der Waals surface area contributed by atoms with E-state index >= 15 is 0 Å². The first-order valence-corrected chi connectivity index (χ1v) is 7.44. The summed E-state index contributed by atoms with van der Waals surface area (Å²) in [7, 11) is 1.94. The van der Waals surface area contributed by atoms with Gasteiger partial charge in [-0.2, -0.15) is 0 Å². The maximum absolute atomic E-state index is 12.1. The summed E-state index contributed by atoms with van der Waals surface area (Å²) >= 11 is 0. The highest BCUT2D eigenvalue weighted by molar-refractivity contribution is 5.93. The predicted octanol–water partition coefficient (Wildman–Crippen LogP) is 1.53. The Morgan fingerprint density at radius 3 is 2.91 bits per heavy atom. The average molecular weight is 306 g/mol. The van der Waals surface area contributed by atoms with Crippen LogP contribution in [0.15, 0.2) is 18.2 Å². The molecule has 120 valence electrons. The van der Waals surface area contributed by atoms with Crippen LogP contribution in [-0.2, 0) is 4.79 Å². The summed E-state index contributed by atoms with van der Waals surface area (Å²) in [5.74, 6) is -0.0892. The summed E-state index contributed by atoms with van der Waals surface area (Å²) in [5, 5.41) is 16.8. The summed E-state index contributed by atoms with van der Waals surface area (Å²) in [6, 6.07) is 4.88. The van der Waals surface area contributed by atoms with E-state index in [0.717, 1.165) is 25.9 Å². The van der Waals surface area contributed by atoms with Gasteiger partial charge in [-0.25, -0.2) is 0 Å². The van der Waals surface area contributed by atoms with Crippen LogP contribution < -0.4 is 10.6 Å². The van der Waals surface area contributed by atoms with Crippen LogP contribution in [0, 0.1) is 17.0 Å². The number of carbonyl (C=O) groups is 1. The Kier molecular flexibility index (Phi) is 5.46. The van der Waals surface area contributed by atoms with Gasteiger partial charge in [-0.15, -0.1) is 0 Å². The van der Waals surface area contributed by atoms with Gasteiger partial charge >= 0.3 is 0 Å². The van der Waals surface area contributed by atoms with Gasteiger partial charge in [-0.3, -0.25) is 19.8 Å². The lowest BCUT2D eigenvalue weighted by atomic mass is 10.1. The summed E-state index contributed by atoms with van der Waals surface area (Å²) in [6.07, 6.45) is 2.21. The zero-order valence-corrected chi connectivity index (χ0v) is 13.0. The highest BCUT2D eigenvalue weighted by Crippen LogP contribution is 2.21. The number of likely N-dealkylation sites (N-methyl/N-ethyl adjacent to an activating group) is 1. The second-order valence-corrected chi connectivity index (χ2v) is 5.67. The summed E-state index contributed by atoms with van der Waals surface area (Å²) in [6.45, 7) is 3.88. The molecule has 0 bridgehead atoms. The molecule has 1 aromatic carbocycles. The number of non-ortho nitro benzene ring substituents is 1. The van der Waals surface area contributed by atoms with Gasteiger partial charge in [0.15, 0.2) is 0 Å². The molecule has 1 atom stereocenters. The number of nitrogens with zero attached hydrogens (tertiary/aromatic N) is 2. The van der Waals surface area contributed by atoms with Gasteiger partial charge in [0.1, 0.15) is 0 Å². The summed E-state index contributed by atoms with van der Waals surface area (Å²) < 4.78 is 0. The van der Waals surface area contributed by atoms with Crippen LogP contribution in [0.25, 0.3) is 0 Å². The zero-order chi connectivity index (χ0) is 16.1. The number of benzene rings is 1. The molecule has 2 N–H and O–H groups in total. The van der Waals surface area contributed by atoms with Gasteiger partial charge in [-0.05, 0) is 45.0 Å². The summed E-state index contributed by atoms with van der Waals surface area (Å²) in [4.78, 5) is 24.5. The molecule has 1 unspecified atom stereocenters. The van der Waals surface area contributed by atoms with Crippen LogP contribution in [0.5, 0.6) is 0 Å². The maximum atomic E-state index is 12.1. The number of anilines is 1. The van der Waals surface area contributed by atoms with Crippen molar-refractivity contribution in [2.75, 3.05) is 32.0 Å². The lowest BCUT2D eigenvalue weighted by molar-refractivity contribution is -0.384. The molecular formula is C15H22N4O3. The van der Waals surface area contributed by atoms with Crippen LogP contribution in [0.3, 0.4) is 0 Å². The lowest BCUT2D eigenvalue weighted by Crippen LogP contribution is -2.46. The molecule has 1 aliphatic rings. The molecule has 1 aliphatic heterocycles. The minimum Gasteiger partial charge on any atom is -0.325 e. The number of nitro benzene ring substituents is 1. The van der Waals surface area contributed by atoms with Gasteiger partial charge in [-0.1, -0.05) is 0 Å². The van der Waals surface area contributed by atoms with Crippen LogP contribution in [0.4, 0.5) is 11.4 Å². The van der Waals surface area contributed by atoms with Crippen LogP contribution >= 0.6 is 0 Å². The third-order valence-electron chi connectivity index (χ3n) is 3.98. The monoisotopic (exact) mass is 306 g/mol.